The highest BCUT2D eigenvalue weighted by Gasteiger charge is 2.19. The van der Waals surface area contributed by atoms with Crippen molar-refractivity contribution in [3.8, 4) is 0 Å². The zero-order chi connectivity index (χ0) is 14.7. The molecule has 3 aromatic rings. The van der Waals surface area contributed by atoms with Gasteiger partial charge in [0.2, 0.25) is 0 Å². The second-order valence-electron chi connectivity index (χ2n) is 4.88. The summed E-state index contributed by atoms with van der Waals surface area (Å²) in [4.78, 5) is 12.9. The Balaban J connectivity index is 1.99. The molecule has 2 aromatic heterocycles. The molecule has 0 aliphatic rings. The molecule has 0 saturated carbocycles. The maximum absolute atomic E-state index is 6.17. The minimum absolute atomic E-state index is 0.00655. The third-order valence-corrected chi connectivity index (χ3v) is 4.74. The van der Waals surface area contributed by atoms with Crippen molar-refractivity contribution in [2.24, 2.45) is 5.73 Å². The van der Waals surface area contributed by atoms with Crippen LogP contribution in [0.2, 0.25) is 0 Å². The molecule has 106 valence electrons. The molecule has 4 nitrogen and oxygen atoms in total. The number of pyridine rings is 1. The van der Waals surface area contributed by atoms with Gasteiger partial charge >= 0.3 is 0 Å². The second-order valence-corrected chi connectivity index (χ2v) is 6.01. The molecule has 5 heteroatoms. The molecular weight excluding hydrogens is 280 g/mol. The molecule has 0 aliphatic carbocycles. The van der Waals surface area contributed by atoms with Crippen LogP contribution in [0.1, 0.15) is 17.7 Å². The summed E-state index contributed by atoms with van der Waals surface area (Å²) in [6.45, 7) is 2.01. The van der Waals surface area contributed by atoms with Gasteiger partial charge < -0.3 is 5.73 Å². The Labute approximate surface area is 127 Å². The fourth-order valence-corrected chi connectivity index (χ4v) is 3.36. The summed E-state index contributed by atoms with van der Waals surface area (Å²) in [5.41, 5.74) is 8.23. The lowest BCUT2D eigenvalue weighted by molar-refractivity contribution is 0.718. The first kappa shape index (κ1) is 14.0. The van der Waals surface area contributed by atoms with Crippen LogP contribution in [-0.4, -0.2) is 21.0 Å². The van der Waals surface area contributed by atoms with Crippen molar-refractivity contribution >= 4 is 22.7 Å². The van der Waals surface area contributed by atoms with Crippen molar-refractivity contribution < 1.29 is 0 Å². The van der Waals surface area contributed by atoms with Gasteiger partial charge in [-0.2, -0.15) is 0 Å². The molecule has 21 heavy (non-hydrogen) atoms. The molecule has 2 N–H and O–H groups in total. The van der Waals surface area contributed by atoms with Crippen LogP contribution in [0.4, 0.5) is 0 Å². The highest BCUT2D eigenvalue weighted by Crippen LogP contribution is 2.38. The number of fused-ring (bicyclic) bond motifs is 1. The first-order valence-electron chi connectivity index (χ1n) is 6.77. The van der Waals surface area contributed by atoms with Crippen molar-refractivity contribution in [2.45, 2.75) is 23.2 Å². The van der Waals surface area contributed by atoms with Crippen LogP contribution in [-0.2, 0) is 0 Å². The average Bonchev–Trinajstić information content (AvgIpc) is 2.53. The number of nitrogens with zero attached hydrogens (tertiary/aromatic N) is 3. The molecule has 0 bridgehead atoms. The molecule has 0 radical (unpaired) electrons. The fraction of sp³-hybridized carbons (Fsp3) is 0.188. The predicted molar refractivity (Wildman–Crippen MR) is 86.0 cm³/mol. The van der Waals surface area contributed by atoms with Crippen LogP contribution in [0, 0.1) is 0 Å². The predicted octanol–water partition coefficient (Wildman–Crippen LogP) is 3.21. The summed E-state index contributed by atoms with van der Waals surface area (Å²) in [5, 5.41) is 2.11. The number of rotatable bonds is 4. The number of aromatic nitrogens is 3. The Morgan fingerprint density at radius 2 is 1.95 bits per heavy atom. The summed E-state index contributed by atoms with van der Waals surface area (Å²) < 4.78 is 0. The van der Waals surface area contributed by atoms with E-state index in [1.54, 1.807) is 24.3 Å². The summed E-state index contributed by atoms with van der Waals surface area (Å²) in [6, 6.07) is 12.0. The van der Waals surface area contributed by atoms with Gasteiger partial charge in [-0.05, 0) is 24.6 Å². The van der Waals surface area contributed by atoms with Gasteiger partial charge in [-0.1, -0.05) is 36.0 Å². The average molecular weight is 296 g/mol. The zero-order valence-electron chi connectivity index (χ0n) is 11.7. The van der Waals surface area contributed by atoms with Crippen molar-refractivity contribution in [1.82, 2.24) is 15.0 Å². The molecule has 2 atom stereocenters. The van der Waals surface area contributed by atoms with Gasteiger partial charge in [0.15, 0.2) is 0 Å². The lowest BCUT2D eigenvalue weighted by Crippen LogP contribution is -2.22. The molecule has 0 saturated heterocycles. The second kappa shape index (κ2) is 6.20. The Morgan fingerprint density at radius 3 is 2.71 bits per heavy atom. The minimum Gasteiger partial charge on any atom is -0.327 e. The van der Waals surface area contributed by atoms with Crippen molar-refractivity contribution in [3.63, 3.8) is 0 Å². The maximum Gasteiger partial charge on any atom is 0.117 e. The van der Waals surface area contributed by atoms with E-state index < -0.39 is 0 Å². The number of nitrogens with two attached hydrogens (primary N) is 1. The van der Waals surface area contributed by atoms with Gasteiger partial charge in [0.05, 0.1) is 10.8 Å². The summed E-state index contributed by atoms with van der Waals surface area (Å²) >= 11 is 1.66. The maximum atomic E-state index is 6.17. The molecule has 0 aliphatic heterocycles. The fourth-order valence-electron chi connectivity index (χ4n) is 2.22. The van der Waals surface area contributed by atoms with Crippen LogP contribution < -0.4 is 5.73 Å². The Kier molecular flexibility index (Phi) is 4.13. The molecule has 0 spiro atoms. The largest absolute Gasteiger partial charge is 0.327 e. The van der Waals surface area contributed by atoms with E-state index in [4.69, 9.17) is 5.73 Å². The Morgan fingerprint density at radius 1 is 1.10 bits per heavy atom. The molecule has 0 fully saturated rings. The SMILES string of the molecule is CC(N)C(Sc1ncnc2ccccc12)c1cccnc1. The molecule has 2 heterocycles. The van der Waals surface area contributed by atoms with Gasteiger partial charge in [-0.25, -0.2) is 9.97 Å². The van der Waals surface area contributed by atoms with E-state index in [1.165, 1.54) is 0 Å². The van der Waals surface area contributed by atoms with E-state index in [0.29, 0.717) is 0 Å². The number of thioether (sulfide) groups is 1. The number of benzene rings is 1. The van der Waals surface area contributed by atoms with Crippen LogP contribution in [0.15, 0.2) is 60.1 Å². The molecular formula is C16H16N4S. The van der Waals surface area contributed by atoms with Crippen LogP contribution >= 0.6 is 11.8 Å². The number of hydrogen-bond acceptors (Lipinski definition) is 5. The number of hydrogen-bond donors (Lipinski definition) is 1. The van der Waals surface area contributed by atoms with Crippen molar-refractivity contribution in [2.75, 3.05) is 0 Å². The van der Waals surface area contributed by atoms with Crippen molar-refractivity contribution in [1.29, 1.82) is 0 Å². The van der Waals surface area contributed by atoms with E-state index in [0.717, 1.165) is 21.5 Å². The van der Waals surface area contributed by atoms with E-state index in [1.807, 2.05) is 43.5 Å². The monoisotopic (exact) mass is 296 g/mol. The van der Waals surface area contributed by atoms with E-state index in [9.17, 15) is 0 Å². The normalized spacial score (nSPS) is 14.0. The number of para-hydroxylation sites is 1. The first-order valence-corrected chi connectivity index (χ1v) is 7.65. The highest BCUT2D eigenvalue weighted by atomic mass is 32.2. The minimum atomic E-state index is -0.00655. The third kappa shape index (κ3) is 3.04. The lowest BCUT2D eigenvalue weighted by Gasteiger charge is -2.20. The van der Waals surface area contributed by atoms with Crippen LogP contribution in [0.5, 0.6) is 0 Å². The summed E-state index contributed by atoms with van der Waals surface area (Å²) in [5.74, 6) is 0. The molecule has 3 rings (SSSR count). The Bertz CT molecular complexity index is 725. The van der Waals surface area contributed by atoms with Gasteiger partial charge in [-0.15, -0.1) is 0 Å². The smallest absolute Gasteiger partial charge is 0.117 e. The van der Waals surface area contributed by atoms with E-state index in [2.05, 4.69) is 21.0 Å². The lowest BCUT2D eigenvalue weighted by atomic mass is 10.1. The van der Waals surface area contributed by atoms with Crippen molar-refractivity contribution in [3.05, 3.63) is 60.7 Å². The van der Waals surface area contributed by atoms with Gasteiger partial charge in [-0.3, -0.25) is 4.98 Å². The zero-order valence-corrected chi connectivity index (χ0v) is 12.5. The van der Waals surface area contributed by atoms with E-state index in [-0.39, 0.29) is 11.3 Å². The van der Waals surface area contributed by atoms with Gasteiger partial charge in [0.25, 0.3) is 0 Å². The topological polar surface area (TPSA) is 64.7 Å². The molecule has 0 amide bonds. The third-order valence-electron chi connectivity index (χ3n) is 3.24. The first-order chi connectivity index (χ1) is 10.3. The standard InChI is InChI=1S/C16H16N4S/c1-11(17)15(12-5-4-8-18-9-12)21-16-13-6-2-3-7-14(13)19-10-20-16/h2-11,15H,17H2,1H3. The summed E-state index contributed by atoms with van der Waals surface area (Å²) in [7, 11) is 0. The highest BCUT2D eigenvalue weighted by molar-refractivity contribution is 7.99. The van der Waals surface area contributed by atoms with Crippen LogP contribution in [0.25, 0.3) is 10.9 Å². The van der Waals surface area contributed by atoms with Gasteiger partial charge in [0.1, 0.15) is 11.4 Å². The quantitative estimate of drug-likeness (QED) is 0.591. The molecule has 2 unspecified atom stereocenters. The van der Waals surface area contributed by atoms with Crippen LogP contribution in [0.3, 0.4) is 0 Å². The Hall–Kier alpha value is -1.98. The molecule has 1 aromatic carbocycles. The summed E-state index contributed by atoms with van der Waals surface area (Å²) in [6.07, 6.45) is 5.24. The van der Waals surface area contributed by atoms with E-state index >= 15 is 0 Å². The van der Waals surface area contributed by atoms with Gasteiger partial charge in [0, 0.05) is 23.8 Å².